The molecule has 1 N–H and O–H groups in total. The highest BCUT2D eigenvalue weighted by Crippen LogP contribution is 2.18. The molecule has 0 saturated heterocycles. The Hall–Kier alpha value is -1.64. The van der Waals surface area contributed by atoms with Gasteiger partial charge in [-0.05, 0) is 31.4 Å². The van der Waals surface area contributed by atoms with Crippen molar-refractivity contribution < 1.29 is 9.59 Å². The summed E-state index contributed by atoms with van der Waals surface area (Å²) in [4.78, 5) is 23.6. The molecular formula is C15H19NO2. The predicted molar refractivity (Wildman–Crippen MR) is 70.7 cm³/mol. The maximum absolute atomic E-state index is 11.9. The van der Waals surface area contributed by atoms with Crippen LogP contribution in [0.3, 0.4) is 0 Å². The molecule has 0 heterocycles. The first-order valence-corrected chi connectivity index (χ1v) is 6.53. The Balaban J connectivity index is 2.02. The average Bonchev–Trinajstić information content (AvgIpc) is 2.32. The van der Waals surface area contributed by atoms with Gasteiger partial charge in [0.1, 0.15) is 0 Å². The molecule has 18 heavy (non-hydrogen) atoms. The zero-order valence-electron chi connectivity index (χ0n) is 10.9. The van der Waals surface area contributed by atoms with E-state index in [0.29, 0.717) is 17.2 Å². The van der Waals surface area contributed by atoms with Gasteiger partial charge in [-0.15, -0.1) is 0 Å². The Morgan fingerprint density at radius 2 is 1.67 bits per heavy atom. The van der Waals surface area contributed by atoms with Crippen molar-refractivity contribution >= 4 is 11.7 Å². The van der Waals surface area contributed by atoms with E-state index in [1.165, 1.54) is 6.42 Å². The summed E-state index contributed by atoms with van der Waals surface area (Å²) in [6.07, 6.45) is 3.36. The van der Waals surface area contributed by atoms with Gasteiger partial charge in [0.15, 0.2) is 5.78 Å². The van der Waals surface area contributed by atoms with Gasteiger partial charge in [0, 0.05) is 23.1 Å². The van der Waals surface area contributed by atoms with E-state index in [4.69, 9.17) is 0 Å². The fraction of sp³-hybridized carbons (Fsp3) is 0.467. The van der Waals surface area contributed by atoms with E-state index >= 15 is 0 Å². The minimum atomic E-state index is -0.0387. The maximum Gasteiger partial charge on any atom is 0.251 e. The highest BCUT2D eigenvalue weighted by atomic mass is 16.1. The van der Waals surface area contributed by atoms with Crippen LogP contribution < -0.4 is 5.32 Å². The lowest BCUT2D eigenvalue weighted by Crippen LogP contribution is -2.39. The lowest BCUT2D eigenvalue weighted by molar-refractivity contribution is 0.0912. The van der Waals surface area contributed by atoms with E-state index in [0.717, 1.165) is 12.8 Å². The molecule has 3 heteroatoms. The van der Waals surface area contributed by atoms with E-state index in [9.17, 15) is 9.59 Å². The topological polar surface area (TPSA) is 46.2 Å². The van der Waals surface area contributed by atoms with Crippen LogP contribution in [0.15, 0.2) is 24.3 Å². The molecule has 1 aliphatic carbocycles. The number of hydrogen-bond donors (Lipinski definition) is 1. The lowest BCUT2D eigenvalue weighted by atomic mass is 9.93. The molecule has 0 unspecified atom stereocenters. The number of amides is 1. The van der Waals surface area contributed by atoms with Crippen LogP contribution in [0.25, 0.3) is 0 Å². The molecule has 1 aromatic carbocycles. The molecule has 0 aromatic heterocycles. The average molecular weight is 245 g/mol. The van der Waals surface area contributed by atoms with Crippen molar-refractivity contribution in [1.82, 2.24) is 5.32 Å². The summed E-state index contributed by atoms with van der Waals surface area (Å²) in [5, 5.41) is 2.98. The third-order valence-electron chi connectivity index (χ3n) is 3.40. The molecule has 1 aromatic rings. The zero-order valence-corrected chi connectivity index (χ0v) is 10.9. The summed E-state index contributed by atoms with van der Waals surface area (Å²) in [7, 11) is 0. The molecule has 1 fully saturated rings. The van der Waals surface area contributed by atoms with Gasteiger partial charge in [-0.3, -0.25) is 9.59 Å². The Labute approximate surface area is 108 Å². The van der Waals surface area contributed by atoms with Gasteiger partial charge in [-0.2, -0.15) is 0 Å². The first-order chi connectivity index (χ1) is 8.58. The molecule has 1 amide bonds. The highest BCUT2D eigenvalue weighted by molar-refractivity contribution is 5.99. The number of rotatable bonds is 4. The normalized spacial score (nSPS) is 15.3. The van der Waals surface area contributed by atoms with Crippen LogP contribution in [0, 0.1) is 5.92 Å². The monoisotopic (exact) mass is 245 g/mol. The number of benzene rings is 1. The molecule has 0 spiro atoms. The van der Waals surface area contributed by atoms with Gasteiger partial charge in [-0.1, -0.05) is 26.0 Å². The number of carbonyl (C=O) groups excluding carboxylic acids is 2. The van der Waals surface area contributed by atoms with Crippen LogP contribution in [0.2, 0.25) is 0 Å². The molecule has 0 bridgehead atoms. The molecule has 2 rings (SSSR count). The SMILES string of the molecule is CC(C)C(=O)c1ccc(C(=O)NC2CCC2)cc1. The quantitative estimate of drug-likeness (QED) is 0.829. The number of ketones is 1. The molecule has 1 saturated carbocycles. The van der Waals surface area contributed by atoms with Crippen LogP contribution in [0.5, 0.6) is 0 Å². The first kappa shape index (κ1) is 12.8. The summed E-state index contributed by atoms with van der Waals surface area (Å²) < 4.78 is 0. The Morgan fingerprint density at radius 1 is 1.11 bits per heavy atom. The van der Waals surface area contributed by atoms with Crippen LogP contribution in [-0.4, -0.2) is 17.7 Å². The maximum atomic E-state index is 11.9. The molecule has 3 nitrogen and oxygen atoms in total. The van der Waals surface area contributed by atoms with E-state index in [1.54, 1.807) is 24.3 Å². The van der Waals surface area contributed by atoms with Crippen molar-refractivity contribution in [3.63, 3.8) is 0 Å². The summed E-state index contributed by atoms with van der Waals surface area (Å²) in [6.45, 7) is 3.75. The summed E-state index contributed by atoms with van der Waals surface area (Å²) in [5.74, 6) is 0.0591. The van der Waals surface area contributed by atoms with Crippen LogP contribution in [0.4, 0.5) is 0 Å². The minimum Gasteiger partial charge on any atom is -0.349 e. The van der Waals surface area contributed by atoms with Gasteiger partial charge in [-0.25, -0.2) is 0 Å². The van der Waals surface area contributed by atoms with Crippen molar-refractivity contribution in [2.75, 3.05) is 0 Å². The Kier molecular flexibility index (Phi) is 3.80. The van der Waals surface area contributed by atoms with Crippen LogP contribution in [0.1, 0.15) is 53.8 Å². The van der Waals surface area contributed by atoms with Crippen molar-refractivity contribution in [3.05, 3.63) is 35.4 Å². The third kappa shape index (κ3) is 2.78. The van der Waals surface area contributed by atoms with Gasteiger partial charge in [0.2, 0.25) is 0 Å². The first-order valence-electron chi connectivity index (χ1n) is 6.53. The second kappa shape index (κ2) is 5.34. The van der Waals surface area contributed by atoms with E-state index in [1.807, 2.05) is 13.8 Å². The van der Waals surface area contributed by atoms with Gasteiger partial charge < -0.3 is 5.32 Å². The zero-order chi connectivity index (χ0) is 13.1. The largest absolute Gasteiger partial charge is 0.349 e. The number of Topliss-reactive ketones (excluding diaryl/α,β-unsaturated/α-hetero) is 1. The van der Waals surface area contributed by atoms with Crippen LogP contribution in [-0.2, 0) is 0 Å². The number of nitrogens with one attached hydrogen (secondary N) is 1. The van der Waals surface area contributed by atoms with Crippen LogP contribution >= 0.6 is 0 Å². The predicted octanol–water partition coefficient (Wildman–Crippen LogP) is 2.81. The van der Waals surface area contributed by atoms with Crippen molar-refractivity contribution in [2.24, 2.45) is 5.92 Å². The minimum absolute atomic E-state index is 0.0142. The molecule has 0 aliphatic heterocycles. The molecule has 1 aliphatic rings. The van der Waals surface area contributed by atoms with Crippen molar-refractivity contribution in [3.8, 4) is 0 Å². The molecule has 0 atom stereocenters. The van der Waals surface area contributed by atoms with Crippen molar-refractivity contribution in [2.45, 2.75) is 39.2 Å². The fourth-order valence-corrected chi connectivity index (χ4v) is 1.94. The molecule has 96 valence electrons. The highest BCUT2D eigenvalue weighted by Gasteiger charge is 2.20. The van der Waals surface area contributed by atoms with Gasteiger partial charge >= 0.3 is 0 Å². The van der Waals surface area contributed by atoms with Crippen molar-refractivity contribution in [1.29, 1.82) is 0 Å². The fourth-order valence-electron chi connectivity index (χ4n) is 1.94. The lowest BCUT2D eigenvalue weighted by Gasteiger charge is -2.26. The Bertz CT molecular complexity index is 444. The summed E-state index contributed by atoms with van der Waals surface area (Å²) >= 11 is 0. The molecule has 0 radical (unpaired) electrons. The Morgan fingerprint density at radius 3 is 2.11 bits per heavy atom. The van der Waals surface area contributed by atoms with Gasteiger partial charge in [0.05, 0.1) is 0 Å². The van der Waals surface area contributed by atoms with Gasteiger partial charge in [0.25, 0.3) is 5.91 Å². The number of hydrogen-bond acceptors (Lipinski definition) is 2. The number of carbonyl (C=O) groups is 2. The smallest absolute Gasteiger partial charge is 0.251 e. The van der Waals surface area contributed by atoms with E-state index in [2.05, 4.69) is 5.32 Å². The van der Waals surface area contributed by atoms with E-state index < -0.39 is 0 Å². The third-order valence-corrected chi connectivity index (χ3v) is 3.40. The van der Waals surface area contributed by atoms with E-state index in [-0.39, 0.29) is 17.6 Å². The second-order valence-electron chi connectivity index (χ2n) is 5.20. The standard InChI is InChI=1S/C15H19NO2/c1-10(2)14(17)11-6-8-12(9-7-11)15(18)16-13-4-3-5-13/h6-10,13H,3-5H2,1-2H3,(H,16,18). The molecular weight excluding hydrogens is 226 g/mol. The second-order valence-corrected chi connectivity index (χ2v) is 5.20. The summed E-state index contributed by atoms with van der Waals surface area (Å²) in [6, 6.07) is 7.26. The summed E-state index contributed by atoms with van der Waals surface area (Å²) in [5.41, 5.74) is 1.30.